The van der Waals surface area contributed by atoms with Gasteiger partial charge in [0.1, 0.15) is 17.2 Å². The lowest BCUT2D eigenvalue weighted by atomic mass is 9.90. The van der Waals surface area contributed by atoms with Crippen LogP contribution in [0.1, 0.15) is 58.1 Å². The Labute approximate surface area is 253 Å². The molecule has 0 saturated carbocycles. The zero-order valence-electron chi connectivity index (χ0n) is 25.8. The van der Waals surface area contributed by atoms with Gasteiger partial charge in [-0.05, 0) is 82.7 Å². The van der Waals surface area contributed by atoms with Crippen molar-refractivity contribution in [3.05, 3.63) is 65.9 Å². The summed E-state index contributed by atoms with van der Waals surface area (Å²) in [5, 5.41) is 8.22. The van der Waals surface area contributed by atoms with Crippen LogP contribution in [0.3, 0.4) is 0 Å². The number of carbonyl (C=O) groups excluding carboxylic acids is 1. The van der Waals surface area contributed by atoms with Crippen LogP contribution in [0.15, 0.2) is 54.7 Å². The van der Waals surface area contributed by atoms with E-state index in [0.29, 0.717) is 6.54 Å². The van der Waals surface area contributed by atoms with Crippen LogP contribution in [0.2, 0.25) is 0 Å². The molecular weight excluding hydrogens is 542 g/mol. The number of fused-ring (bicyclic) bond motifs is 2. The Morgan fingerprint density at radius 2 is 1.79 bits per heavy atom. The van der Waals surface area contributed by atoms with E-state index in [9.17, 15) is 4.79 Å². The summed E-state index contributed by atoms with van der Waals surface area (Å²) in [7, 11) is 1.67. The fraction of sp³-hybridized carbons (Fsp3) is 0.455. The maximum absolute atomic E-state index is 12.5. The number of hydrogen-bond donors (Lipinski definition) is 1. The summed E-state index contributed by atoms with van der Waals surface area (Å²) in [6.07, 6.45) is 5.15. The molecule has 1 N–H and O–H groups in total. The number of para-hydroxylation sites is 1. The fourth-order valence-electron chi connectivity index (χ4n) is 5.92. The summed E-state index contributed by atoms with van der Waals surface area (Å²) >= 11 is 0. The zero-order valence-corrected chi connectivity index (χ0v) is 25.8. The quantitative estimate of drug-likeness (QED) is 0.302. The second-order valence-electron chi connectivity index (χ2n) is 12.8. The number of ether oxygens (including phenoxy) is 2. The molecule has 4 aromatic rings. The van der Waals surface area contributed by atoms with E-state index >= 15 is 0 Å². The van der Waals surface area contributed by atoms with Crippen molar-refractivity contribution in [2.24, 2.45) is 0 Å². The van der Waals surface area contributed by atoms with Gasteiger partial charge in [0.15, 0.2) is 17.0 Å². The van der Waals surface area contributed by atoms with Gasteiger partial charge >= 0.3 is 6.09 Å². The molecule has 226 valence electrons. The number of nitrogens with one attached hydrogen (secondary N) is 1. The molecule has 6 rings (SSSR count). The molecule has 0 aliphatic carbocycles. The van der Waals surface area contributed by atoms with Crippen molar-refractivity contribution in [2.75, 3.05) is 36.5 Å². The van der Waals surface area contributed by atoms with Crippen LogP contribution in [0, 0.1) is 0 Å². The lowest BCUT2D eigenvalue weighted by Gasteiger charge is -2.40. The third kappa shape index (κ3) is 6.23. The number of methoxy groups -OCH3 is 1. The van der Waals surface area contributed by atoms with Gasteiger partial charge in [-0.2, -0.15) is 5.10 Å². The standard InChI is InChI=1S/C33H41N7O3/c1-32(2,3)43-31(41)36-33(4)16-19-38(20-17-33)27-21-34-28-29(35-27)40(22-23-12-14-25(42-5)15-13-23)37-30(28)39-18-8-10-24-9-6-7-11-26(24)39/h6-7,9,11-15,21H,8,10,16-20,22H2,1-5H3,(H,36,41). The summed E-state index contributed by atoms with van der Waals surface area (Å²) in [5.74, 6) is 2.47. The Hall–Kier alpha value is -4.34. The molecule has 1 amide bonds. The number of aromatic nitrogens is 4. The summed E-state index contributed by atoms with van der Waals surface area (Å²) in [6, 6.07) is 16.6. The van der Waals surface area contributed by atoms with Crippen LogP contribution in [0.5, 0.6) is 5.75 Å². The molecule has 0 atom stereocenters. The summed E-state index contributed by atoms with van der Waals surface area (Å²) < 4.78 is 12.8. The van der Waals surface area contributed by atoms with E-state index in [2.05, 4.69) is 58.4 Å². The first-order valence-corrected chi connectivity index (χ1v) is 15.1. The first-order chi connectivity index (χ1) is 20.6. The molecule has 1 fully saturated rings. The van der Waals surface area contributed by atoms with Gasteiger partial charge < -0.3 is 24.6 Å². The molecule has 0 unspecified atom stereocenters. The molecule has 2 aliphatic heterocycles. The molecule has 0 bridgehead atoms. The zero-order chi connectivity index (χ0) is 30.2. The number of hydrogen-bond acceptors (Lipinski definition) is 8. The third-order valence-electron chi connectivity index (χ3n) is 8.26. The molecule has 0 spiro atoms. The highest BCUT2D eigenvalue weighted by molar-refractivity contribution is 5.88. The molecule has 2 aromatic heterocycles. The predicted molar refractivity (Wildman–Crippen MR) is 168 cm³/mol. The van der Waals surface area contributed by atoms with Crippen LogP contribution in [0.25, 0.3) is 11.2 Å². The van der Waals surface area contributed by atoms with Crippen molar-refractivity contribution in [3.8, 4) is 5.75 Å². The van der Waals surface area contributed by atoms with Gasteiger partial charge in [0.05, 0.1) is 19.9 Å². The number of aryl methyl sites for hydroxylation is 1. The van der Waals surface area contributed by atoms with E-state index in [1.807, 2.05) is 43.8 Å². The number of amides is 1. The average Bonchev–Trinajstić information content (AvgIpc) is 3.33. The molecule has 43 heavy (non-hydrogen) atoms. The van der Waals surface area contributed by atoms with E-state index in [1.165, 1.54) is 11.3 Å². The Morgan fingerprint density at radius 3 is 2.51 bits per heavy atom. The van der Waals surface area contributed by atoms with Gasteiger partial charge in [-0.1, -0.05) is 30.3 Å². The topological polar surface area (TPSA) is 97.6 Å². The maximum Gasteiger partial charge on any atom is 0.408 e. The highest BCUT2D eigenvalue weighted by Crippen LogP contribution is 2.36. The van der Waals surface area contributed by atoms with Crippen LogP contribution in [-0.2, 0) is 17.7 Å². The van der Waals surface area contributed by atoms with Crippen LogP contribution >= 0.6 is 0 Å². The van der Waals surface area contributed by atoms with Crippen LogP contribution in [-0.4, -0.2) is 63.7 Å². The lowest BCUT2D eigenvalue weighted by molar-refractivity contribution is 0.0448. The Kier molecular flexibility index (Phi) is 7.62. The maximum atomic E-state index is 12.5. The van der Waals surface area contributed by atoms with Crippen molar-refractivity contribution in [3.63, 3.8) is 0 Å². The van der Waals surface area contributed by atoms with Gasteiger partial charge in [0, 0.05) is 30.9 Å². The van der Waals surface area contributed by atoms with Crippen molar-refractivity contribution in [1.82, 2.24) is 25.1 Å². The molecule has 1 saturated heterocycles. The molecular formula is C33H41N7O3. The predicted octanol–water partition coefficient (Wildman–Crippen LogP) is 5.85. The molecule has 0 radical (unpaired) electrons. The van der Waals surface area contributed by atoms with E-state index in [0.717, 1.165) is 79.4 Å². The normalized spacial score (nSPS) is 16.6. The second-order valence-corrected chi connectivity index (χ2v) is 12.8. The van der Waals surface area contributed by atoms with Gasteiger partial charge in [-0.15, -0.1) is 0 Å². The molecule has 2 aliphatic rings. The number of alkyl carbamates (subject to hydrolysis) is 1. The molecule has 10 heteroatoms. The number of nitrogens with zero attached hydrogens (tertiary/aromatic N) is 6. The van der Waals surface area contributed by atoms with E-state index in [4.69, 9.17) is 24.5 Å². The number of anilines is 3. The minimum absolute atomic E-state index is 0.346. The molecule has 4 heterocycles. The fourth-order valence-corrected chi connectivity index (χ4v) is 5.92. The third-order valence-corrected chi connectivity index (χ3v) is 8.26. The van der Waals surface area contributed by atoms with Gasteiger partial charge in [-0.25, -0.2) is 19.4 Å². The van der Waals surface area contributed by atoms with E-state index in [-0.39, 0.29) is 11.6 Å². The second kappa shape index (κ2) is 11.4. The number of rotatable bonds is 6. The number of benzene rings is 2. The Balaban J connectivity index is 1.30. The van der Waals surface area contributed by atoms with E-state index < -0.39 is 5.60 Å². The highest BCUT2D eigenvalue weighted by Gasteiger charge is 2.34. The average molecular weight is 584 g/mol. The van der Waals surface area contributed by atoms with Gasteiger partial charge in [0.2, 0.25) is 0 Å². The van der Waals surface area contributed by atoms with Crippen molar-refractivity contribution in [1.29, 1.82) is 0 Å². The van der Waals surface area contributed by atoms with Gasteiger partial charge in [0.25, 0.3) is 0 Å². The SMILES string of the molecule is COc1ccc(Cn2nc(N3CCCc4ccccc43)c3ncc(N4CCC(C)(NC(=O)OC(C)(C)C)CC4)nc32)cc1. The molecule has 2 aromatic carbocycles. The monoisotopic (exact) mass is 583 g/mol. The molecule has 10 nitrogen and oxygen atoms in total. The minimum Gasteiger partial charge on any atom is -0.497 e. The number of piperidine rings is 1. The van der Waals surface area contributed by atoms with Crippen LogP contribution < -0.4 is 19.9 Å². The highest BCUT2D eigenvalue weighted by atomic mass is 16.6. The minimum atomic E-state index is -0.532. The Morgan fingerprint density at radius 1 is 1.05 bits per heavy atom. The largest absolute Gasteiger partial charge is 0.497 e. The van der Waals surface area contributed by atoms with Crippen LogP contribution in [0.4, 0.5) is 22.1 Å². The summed E-state index contributed by atoms with van der Waals surface area (Å²) in [6.45, 7) is 10.6. The smallest absolute Gasteiger partial charge is 0.408 e. The van der Waals surface area contributed by atoms with Crippen molar-refractivity contribution >= 4 is 34.6 Å². The Bertz CT molecular complexity index is 1600. The van der Waals surface area contributed by atoms with Gasteiger partial charge in [-0.3, -0.25) is 0 Å². The van der Waals surface area contributed by atoms with E-state index in [1.54, 1.807) is 7.11 Å². The summed E-state index contributed by atoms with van der Waals surface area (Å²) in [4.78, 5) is 27.1. The number of carbonyl (C=O) groups is 1. The first kappa shape index (κ1) is 28.8. The lowest BCUT2D eigenvalue weighted by Crippen LogP contribution is -2.54. The summed E-state index contributed by atoms with van der Waals surface area (Å²) in [5.41, 5.74) is 4.28. The first-order valence-electron chi connectivity index (χ1n) is 15.1. The van der Waals surface area contributed by atoms with Crippen molar-refractivity contribution < 1.29 is 14.3 Å². The van der Waals surface area contributed by atoms with Crippen molar-refractivity contribution in [2.45, 2.75) is 71.1 Å².